The minimum absolute atomic E-state index is 0.0571. The topological polar surface area (TPSA) is 71.5 Å². The van der Waals surface area contributed by atoms with E-state index in [1.165, 1.54) is 5.56 Å². The maximum absolute atomic E-state index is 13.9. The summed E-state index contributed by atoms with van der Waals surface area (Å²) in [7, 11) is 0. The molecule has 0 aliphatic carbocycles. The Morgan fingerprint density at radius 2 is 1.65 bits per heavy atom. The van der Waals surface area contributed by atoms with Crippen LogP contribution in [-0.4, -0.2) is 62.5 Å². The molecule has 0 aromatic carbocycles. The van der Waals surface area contributed by atoms with E-state index in [0.29, 0.717) is 26.2 Å². The van der Waals surface area contributed by atoms with Crippen molar-refractivity contribution in [1.82, 2.24) is 24.8 Å². The fourth-order valence-corrected chi connectivity index (χ4v) is 4.73. The molecule has 0 bridgehead atoms. The number of carbonyl (C=O) groups excluding carboxylic acids is 1. The normalized spacial score (nSPS) is 24.1. The molecule has 1 spiro atoms. The van der Waals surface area contributed by atoms with Crippen LogP contribution < -0.4 is 0 Å². The molecule has 2 aliphatic rings. The molecule has 2 saturated heterocycles. The van der Waals surface area contributed by atoms with Crippen LogP contribution in [0.25, 0.3) is 0 Å². The summed E-state index contributed by atoms with van der Waals surface area (Å²) in [5.41, 5.74) is 2.39. The number of amides is 1. The van der Waals surface area contributed by atoms with E-state index >= 15 is 0 Å². The lowest BCUT2D eigenvalue weighted by molar-refractivity contribution is -0.173. The van der Waals surface area contributed by atoms with Gasteiger partial charge in [0.05, 0.1) is 6.61 Å². The summed E-state index contributed by atoms with van der Waals surface area (Å²) in [5.74, 6) is -0.0163. The van der Waals surface area contributed by atoms with E-state index in [1.807, 2.05) is 47.5 Å². The molecule has 0 saturated carbocycles. The van der Waals surface area contributed by atoms with E-state index in [1.54, 1.807) is 31.0 Å². The Morgan fingerprint density at radius 1 is 0.935 bits per heavy atom. The number of carbonyl (C=O) groups is 1. The lowest BCUT2D eigenvalue weighted by Crippen LogP contribution is -2.59. The van der Waals surface area contributed by atoms with Crippen molar-refractivity contribution in [2.45, 2.75) is 24.6 Å². The van der Waals surface area contributed by atoms with Crippen LogP contribution in [0.1, 0.15) is 22.6 Å². The van der Waals surface area contributed by atoms with Gasteiger partial charge in [0.25, 0.3) is 5.91 Å². The summed E-state index contributed by atoms with van der Waals surface area (Å²) in [4.78, 5) is 30.6. The van der Waals surface area contributed by atoms with Crippen molar-refractivity contribution in [2.24, 2.45) is 0 Å². The Balaban J connectivity index is 1.45. The Bertz CT molecular complexity index is 1020. The highest BCUT2D eigenvalue weighted by Crippen LogP contribution is 2.42. The van der Waals surface area contributed by atoms with Crippen LogP contribution in [0.5, 0.6) is 0 Å². The van der Waals surface area contributed by atoms with E-state index in [4.69, 9.17) is 4.74 Å². The highest BCUT2D eigenvalue weighted by molar-refractivity contribution is 5.88. The molecule has 0 N–H and O–H groups in total. The van der Waals surface area contributed by atoms with Crippen molar-refractivity contribution in [1.29, 1.82) is 0 Å². The van der Waals surface area contributed by atoms with Gasteiger partial charge in [-0.25, -0.2) is 0 Å². The minimum Gasteiger partial charge on any atom is -0.361 e. The van der Waals surface area contributed by atoms with E-state index < -0.39 is 5.60 Å². The number of hydrogen-bond acceptors (Lipinski definition) is 6. The maximum atomic E-state index is 13.9. The van der Waals surface area contributed by atoms with Crippen LogP contribution in [-0.2, 0) is 22.6 Å². The molecular formula is C24H25N5O2. The third kappa shape index (κ3) is 3.94. The zero-order valence-electron chi connectivity index (χ0n) is 17.3. The van der Waals surface area contributed by atoms with Crippen molar-refractivity contribution in [2.75, 3.05) is 26.2 Å². The Hall–Kier alpha value is -3.16. The molecule has 7 heteroatoms. The summed E-state index contributed by atoms with van der Waals surface area (Å²) in [6.07, 6.45) is 10.8. The van der Waals surface area contributed by atoms with Crippen LogP contribution in [0, 0.1) is 0 Å². The van der Waals surface area contributed by atoms with E-state index in [2.05, 4.69) is 19.9 Å². The first-order valence-corrected chi connectivity index (χ1v) is 10.6. The summed E-state index contributed by atoms with van der Waals surface area (Å²) >= 11 is 0. The van der Waals surface area contributed by atoms with Gasteiger partial charge in [-0.15, -0.1) is 0 Å². The number of rotatable bonds is 5. The number of pyridine rings is 3. The van der Waals surface area contributed by atoms with Gasteiger partial charge in [0.2, 0.25) is 0 Å². The first-order valence-electron chi connectivity index (χ1n) is 10.6. The predicted octanol–water partition coefficient (Wildman–Crippen LogP) is 2.27. The molecule has 0 radical (unpaired) electrons. The zero-order valence-corrected chi connectivity index (χ0v) is 17.3. The molecule has 5 heterocycles. The molecule has 2 aliphatic heterocycles. The molecule has 3 aromatic rings. The van der Waals surface area contributed by atoms with Gasteiger partial charge in [-0.3, -0.25) is 24.6 Å². The van der Waals surface area contributed by atoms with E-state index in [-0.39, 0.29) is 11.8 Å². The van der Waals surface area contributed by atoms with Gasteiger partial charge in [0, 0.05) is 75.8 Å². The van der Waals surface area contributed by atoms with Crippen LogP contribution in [0.2, 0.25) is 0 Å². The number of aromatic nitrogens is 3. The second-order valence-corrected chi connectivity index (χ2v) is 8.18. The molecule has 31 heavy (non-hydrogen) atoms. The fourth-order valence-electron chi connectivity index (χ4n) is 4.73. The molecule has 158 valence electrons. The highest BCUT2D eigenvalue weighted by atomic mass is 16.5. The number of likely N-dealkylation sites (tertiary alicyclic amines) is 1. The molecule has 1 amide bonds. The molecule has 2 fully saturated rings. The quantitative estimate of drug-likeness (QED) is 0.637. The lowest BCUT2D eigenvalue weighted by atomic mass is 9.83. The number of ether oxygens (including phenoxy) is 1. The van der Waals surface area contributed by atoms with Crippen molar-refractivity contribution in [3.63, 3.8) is 0 Å². The predicted molar refractivity (Wildman–Crippen MR) is 115 cm³/mol. The summed E-state index contributed by atoms with van der Waals surface area (Å²) < 4.78 is 6.36. The van der Waals surface area contributed by atoms with Gasteiger partial charge in [-0.05, 0) is 47.0 Å². The fraction of sp³-hybridized carbons (Fsp3) is 0.333. The second kappa shape index (κ2) is 8.53. The number of nitrogens with zero attached hydrogens (tertiary/aromatic N) is 5. The van der Waals surface area contributed by atoms with Gasteiger partial charge in [0.15, 0.2) is 5.60 Å². The first kappa shape index (κ1) is 19.8. The van der Waals surface area contributed by atoms with Crippen molar-refractivity contribution in [3.8, 4) is 0 Å². The average Bonchev–Trinajstić information content (AvgIpc) is 3.17. The molecule has 5 rings (SSSR count). The molecule has 2 atom stereocenters. The molecule has 0 unspecified atom stereocenters. The van der Waals surface area contributed by atoms with Gasteiger partial charge < -0.3 is 9.64 Å². The second-order valence-electron chi connectivity index (χ2n) is 8.18. The Kier molecular flexibility index (Phi) is 5.44. The molecule has 3 aromatic heterocycles. The van der Waals surface area contributed by atoms with Crippen molar-refractivity contribution < 1.29 is 9.53 Å². The van der Waals surface area contributed by atoms with Gasteiger partial charge >= 0.3 is 0 Å². The average molecular weight is 415 g/mol. The van der Waals surface area contributed by atoms with Gasteiger partial charge in [-0.2, -0.15) is 0 Å². The van der Waals surface area contributed by atoms with Gasteiger partial charge in [-0.1, -0.05) is 6.07 Å². The van der Waals surface area contributed by atoms with Crippen LogP contribution in [0.4, 0.5) is 0 Å². The molecular weight excluding hydrogens is 390 g/mol. The molecule has 7 nitrogen and oxygen atoms in total. The van der Waals surface area contributed by atoms with Crippen molar-refractivity contribution >= 4 is 5.91 Å². The smallest absolute Gasteiger partial charge is 0.257 e. The monoisotopic (exact) mass is 415 g/mol. The minimum atomic E-state index is -0.901. The number of morpholine rings is 1. The summed E-state index contributed by atoms with van der Waals surface area (Å²) in [5, 5.41) is 0. The van der Waals surface area contributed by atoms with E-state index in [9.17, 15) is 4.79 Å². The highest BCUT2D eigenvalue weighted by Gasteiger charge is 2.56. The lowest BCUT2D eigenvalue weighted by Gasteiger charge is -2.42. The maximum Gasteiger partial charge on any atom is 0.257 e. The summed E-state index contributed by atoms with van der Waals surface area (Å²) in [6.45, 7) is 3.73. The largest absolute Gasteiger partial charge is 0.361 e. The third-order valence-corrected chi connectivity index (χ3v) is 6.20. The Labute approximate surface area is 181 Å². The SMILES string of the molecule is O=C1N(Cc2ccncc2)CCO[C@]12CN(Cc1ccncc1)C[C@H]2c1cccnc1. The van der Waals surface area contributed by atoms with Crippen LogP contribution in [0.3, 0.4) is 0 Å². The van der Waals surface area contributed by atoms with Crippen LogP contribution >= 0.6 is 0 Å². The van der Waals surface area contributed by atoms with Gasteiger partial charge in [0.1, 0.15) is 0 Å². The number of hydrogen-bond donors (Lipinski definition) is 0. The van der Waals surface area contributed by atoms with Crippen molar-refractivity contribution in [3.05, 3.63) is 90.3 Å². The zero-order chi connectivity index (χ0) is 21.1. The summed E-state index contributed by atoms with van der Waals surface area (Å²) in [6, 6.07) is 11.9. The standard InChI is InChI=1S/C24H25N5O2/c30-23-24(31-13-12-29(23)16-20-5-10-26-11-6-20)18-28(15-19-3-8-25-9-4-19)17-22(24)21-2-1-7-27-14-21/h1-11,14,22H,12-13,15-18H2/t22-,24-/m0/s1. The Morgan fingerprint density at radius 3 is 2.32 bits per heavy atom. The third-order valence-electron chi connectivity index (χ3n) is 6.20. The van der Waals surface area contributed by atoms with E-state index in [0.717, 1.165) is 24.2 Å². The first-order chi connectivity index (χ1) is 15.2. The van der Waals surface area contributed by atoms with Crippen LogP contribution in [0.15, 0.2) is 73.6 Å².